The number of hydrogen-bond donors (Lipinski definition) is 4. The molecule has 3 aromatic carbocycles. The number of fused-ring (bicyclic) bond motifs is 8. The fourth-order valence-electron chi connectivity index (χ4n) is 8.96. The Labute approximate surface area is 399 Å². The molecule has 4 amide bonds. The first-order chi connectivity index (χ1) is 33.4. The van der Waals surface area contributed by atoms with E-state index in [1.165, 1.54) is 29.1 Å². The molecule has 5 aromatic rings. The molecular formula is C51H52F4N6O9. The Morgan fingerprint density at radius 3 is 1.84 bits per heavy atom. The van der Waals surface area contributed by atoms with E-state index >= 15 is 0 Å². The van der Waals surface area contributed by atoms with Crippen LogP contribution in [0.2, 0.25) is 0 Å². The summed E-state index contributed by atoms with van der Waals surface area (Å²) in [6.07, 6.45) is 9.53. The maximum Gasteiger partial charge on any atom is 0.274 e. The molecule has 0 spiro atoms. The topological polar surface area (TPSA) is 193 Å². The fourth-order valence-corrected chi connectivity index (χ4v) is 8.96. The zero-order valence-electron chi connectivity index (χ0n) is 38.7. The summed E-state index contributed by atoms with van der Waals surface area (Å²) in [6, 6.07) is 15.2. The molecule has 19 heteroatoms. The molecule has 2 atom stereocenters. The van der Waals surface area contributed by atoms with E-state index in [4.69, 9.17) is 9.84 Å². The normalized spacial score (nSPS) is 18.7. The number of aromatic nitrogens is 2. The van der Waals surface area contributed by atoms with Crippen LogP contribution in [0.1, 0.15) is 105 Å². The average molecular weight is 969 g/mol. The van der Waals surface area contributed by atoms with E-state index in [2.05, 4.69) is 10.6 Å². The van der Waals surface area contributed by atoms with Crippen LogP contribution in [0, 0.1) is 23.3 Å². The lowest BCUT2D eigenvalue weighted by Crippen LogP contribution is -2.53. The molecule has 1 saturated heterocycles. The molecule has 4 bridgehead atoms. The molecule has 2 aromatic heterocycles. The third-order valence-electron chi connectivity index (χ3n) is 12.6. The third-order valence-corrected chi connectivity index (χ3v) is 12.6. The van der Waals surface area contributed by atoms with E-state index in [1.807, 2.05) is 56.3 Å². The van der Waals surface area contributed by atoms with Crippen LogP contribution >= 0.6 is 0 Å². The van der Waals surface area contributed by atoms with Crippen LogP contribution in [0.3, 0.4) is 0 Å². The first-order valence-corrected chi connectivity index (χ1v) is 22.6. The van der Waals surface area contributed by atoms with Gasteiger partial charge in [-0.05, 0) is 64.2 Å². The predicted octanol–water partition coefficient (Wildman–Crippen LogP) is 5.88. The van der Waals surface area contributed by atoms with Gasteiger partial charge in [0.1, 0.15) is 41.0 Å². The van der Waals surface area contributed by atoms with Gasteiger partial charge < -0.3 is 44.5 Å². The van der Waals surface area contributed by atoms with Crippen molar-refractivity contribution in [3.63, 3.8) is 0 Å². The van der Waals surface area contributed by atoms with Crippen LogP contribution in [-0.4, -0.2) is 85.6 Å². The molecule has 6 heterocycles. The highest BCUT2D eigenvalue weighted by Crippen LogP contribution is 2.37. The third kappa shape index (κ3) is 10.4. The molecule has 1 fully saturated rings. The molecule has 4 N–H and O–H groups in total. The lowest BCUT2D eigenvalue weighted by atomic mass is 9.92. The van der Waals surface area contributed by atoms with Gasteiger partial charge in [-0.2, -0.15) is 0 Å². The Hall–Kier alpha value is -7.54. The van der Waals surface area contributed by atoms with Gasteiger partial charge in [0.25, 0.3) is 23.6 Å². The number of amides is 4. The molecular weight excluding hydrogens is 917 g/mol. The second kappa shape index (κ2) is 21.0. The number of aliphatic hydroxyl groups is 1. The number of aliphatic hydroxyl groups excluding tert-OH is 1. The minimum absolute atomic E-state index is 0.0250. The molecule has 0 saturated carbocycles. The summed E-state index contributed by atoms with van der Waals surface area (Å²) in [4.78, 5) is 81.5. The lowest BCUT2D eigenvalue weighted by molar-refractivity contribution is 0.0589. The van der Waals surface area contributed by atoms with Gasteiger partial charge in [-0.1, -0.05) is 54.6 Å². The largest absolute Gasteiger partial charge is 0.503 e. The molecule has 0 aliphatic carbocycles. The predicted molar refractivity (Wildman–Crippen MR) is 248 cm³/mol. The number of nitrogens with zero attached hydrogens (tertiary/aromatic N) is 4. The van der Waals surface area contributed by atoms with Crippen LogP contribution in [-0.2, 0) is 30.8 Å². The van der Waals surface area contributed by atoms with Crippen molar-refractivity contribution in [3.8, 4) is 11.5 Å². The van der Waals surface area contributed by atoms with E-state index in [0.29, 0.717) is 45.1 Å². The SMILES string of the molecule is CCO.C[C@]12CC=CCN(C1)C(=O)c1c(OCc3ccccc3)c(=O)c(C(=O)NCc3ccc(F)cc3F)cn12.C[C@]12CCCCN(C1)C(=O)c1c(O)c(=O)c(C(=O)NCc3ccc(F)cc3F)cn12. The Kier molecular flexibility index (Phi) is 15.1. The summed E-state index contributed by atoms with van der Waals surface area (Å²) in [7, 11) is 0. The number of hydrogen-bond acceptors (Lipinski definition) is 9. The van der Waals surface area contributed by atoms with Gasteiger partial charge in [0.05, 0.1) is 11.1 Å². The van der Waals surface area contributed by atoms with Crippen molar-refractivity contribution in [1.29, 1.82) is 0 Å². The zero-order chi connectivity index (χ0) is 50.5. The van der Waals surface area contributed by atoms with Crippen LogP contribution in [0.4, 0.5) is 17.6 Å². The van der Waals surface area contributed by atoms with Gasteiger partial charge in [0.2, 0.25) is 10.9 Å². The number of ether oxygens (including phenoxy) is 1. The Balaban J connectivity index is 0.000000199. The molecule has 15 nitrogen and oxygen atoms in total. The summed E-state index contributed by atoms with van der Waals surface area (Å²) >= 11 is 0. The monoisotopic (exact) mass is 968 g/mol. The number of allylic oxidation sites excluding steroid dienone is 1. The number of carbonyl (C=O) groups excluding carboxylic acids is 4. The number of halogens is 4. The Morgan fingerprint density at radius 1 is 0.714 bits per heavy atom. The summed E-state index contributed by atoms with van der Waals surface area (Å²) in [5.41, 5.74) is -2.56. The molecule has 70 heavy (non-hydrogen) atoms. The summed E-state index contributed by atoms with van der Waals surface area (Å²) < 4.78 is 63.3. The molecule has 0 radical (unpaired) electrons. The standard InChI is InChI=1S/C28H25F2N3O4.C21H21F2N3O4.C2H6O/c1-28-11-5-6-12-32(17-28)27(36)23-25(37-16-18-7-3-2-4-8-18)24(34)21(15-33(23)28)26(35)31-14-19-9-10-20(29)13-22(19)30;1-21-6-2-3-7-25(11-21)20(30)16-18(28)17(27)14(10-26(16)21)19(29)24-9-12-4-5-13(22)8-15(12)23;1-2-3/h2-10,13,15H,11-12,14,16-17H2,1H3,(H,31,35);4-5,8,10,28H,2-3,6-7,9,11H2,1H3,(H,24,29);3H,2H2,1H3/t28-;21-;/m00./s1. The van der Waals surface area contributed by atoms with E-state index in [9.17, 15) is 51.4 Å². The average Bonchev–Trinajstić information content (AvgIpc) is 3.63. The smallest absolute Gasteiger partial charge is 0.274 e. The second-order valence-electron chi connectivity index (χ2n) is 17.8. The highest BCUT2D eigenvalue weighted by atomic mass is 19.1. The Morgan fingerprint density at radius 2 is 1.26 bits per heavy atom. The number of benzene rings is 3. The minimum atomic E-state index is -0.963. The van der Waals surface area contributed by atoms with Crippen molar-refractivity contribution in [2.75, 3.05) is 32.8 Å². The van der Waals surface area contributed by atoms with Gasteiger partial charge >= 0.3 is 0 Å². The van der Waals surface area contributed by atoms with Gasteiger partial charge in [-0.25, -0.2) is 17.6 Å². The molecule has 4 aliphatic heterocycles. The first kappa shape index (κ1) is 50.3. The van der Waals surface area contributed by atoms with E-state index < -0.39 is 68.7 Å². The van der Waals surface area contributed by atoms with Crippen LogP contribution in [0.15, 0.2) is 101 Å². The Bertz CT molecular complexity index is 3000. The maximum atomic E-state index is 14.1. The van der Waals surface area contributed by atoms with Crippen LogP contribution in [0.25, 0.3) is 0 Å². The minimum Gasteiger partial charge on any atom is -0.503 e. The first-order valence-electron chi connectivity index (χ1n) is 22.6. The van der Waals surface area contributed by atoms with Crippen molar-refractivity contribution in [2.45, 2.75) is 77.2 Å². The van der Waals surface area contributed by atoms with Crippen molar-refractivity contribution in [1.82, 2.24) is 29.6 Å². The fraction of sp³-hybridized carbons (Fsp3) is 0.333. The number of carbonyl (C=O) groups is 4. The van der Waals surface area contributed by atoms with Crippen molar-refractivity contribution in [3.05, 3.63) is 174 Å². The van der Waals surface area contributed by atoms with Crippen LogP contribution < -0.4 is 26.2 Å². The van der Waals surface area contributed by atoms with E-state index in [-0.39, 0.29) is 71.6 Å². The van der Waals surface area contributed by atoms with Crippen molar-refractivity contribution < 1.29 is 51.7 Å². The highest BCUT2D eigenvalue weighted by Gasteiger charge is 2.44. The summed E-state index contributed by atoms with van der Waals surface area (Å²) in [6.45, 7) is 7.08. The van der Waals surface area contributed by atoms with Crippen molar-refractivity contribution in [2.24, 2.45) is 0 Å². The molecule has 9 rings (SSSR count). The van der Waals surface area contributed by atoms with Gasteiger partial charge in [-0.15, -0.1) is 0 Å². The number of nitrogens with one attached hydrogen (secondary N) is 2. The number of rotatable bonds is 9. The van der Waals surface area contributed by atoms with E-state index in [1.54, 1.807) is 21.3 Å². The number of aromatic hydroxyl groups is 1. The van der Waals surface area contributed by atoms with Gasteiger partial charge in [0.15, 0.2) is 22.9 Å². The van der Waals surface area contributed by atoms with Crippen LogP contribution in [0.5, 0.6) is 11.5 Å². The second-order valence-corrected chi connectivity index (χ2v) is 17.8. The van der Waals surface area contributed by atoms with Gasteiger partial charge in [0, 0.05) is 81.5 Å². The maximum absolute atomic E-state index is 14.1. The molecule has 0 unspecified atom stereocenters. The van der Waals surface area contributed by atoms with Crippen molar-refractivity contribution >= 4 is 23.6 Å². The quantitative estimate of drug-likeness (QED) is 0.103. The lowest BCUT2D eigenvalue weighted by Gasteiger charge is -2.42. The number of pyridine rings is 2. The molecule has 4 aliphatic rings. The highest BCUT2D eigenvalue weighted by molar-refractivity contribution is 6.00. The zero-order valence-corrected chi connectivity index (χ0v) is 38.7. The summed E-state index contributed by atoms with van der Waals surface area (Å²) in [5.74, 6) is -6.44. The van der Waals surface area contributed by atoms with E-state index in [0.717, 1.165) is 36.6 Å². The van der Waals surface area contributed by atoms with Gasteiger partial charge in [-0.3, -0.25) is 28.8 Å². The summed E-state index contributed by atoms with van der Waals surface area (Å²) in [5, 5.41) is 23.0. The molecule has 368 valence electrons.